The van der Waals surface area contributed by atoms with Crippen molar-refractivity contribution >= 4 is 5.91 Å². The molecule has 2 aromatic heterocycles. The lowest BCUT2D eigenvalue weighted by Crippen LogP contribution is -2.45. The predicted octanol–water partition coefficient (Wildman–Crippen LogP) is 0.511. The molecule has 8 heteroatoms. The van der Waals surface area contributed by atoms with Crippen LogP contribution in [0.5, 0.6) is 5.75 Å². The van der Waals surface area contributed by atoms with Gasteiger partial charge in [-0.25, -0.2) is 0 Å². The Kier molecular flexibility index (Phi) is 4.10. The summed E-state index contributed by atoms with van der Waals surface area (Å²) in [5, 5.41) is 13.8. The molecule has 0 aliphatic carbocycles. The van der Waals surface area contributed by atoms with E-state index in [9.17, 15) is 4.79 Å². The average molecular weight is 305 g/mol. The number of carbonyl (C=O) groups is 1. The van der Waals surface area contributed by atoms with Crippen LogP contribution in [-0.4, -0.2) is 51.2 Å². The highest BCUT2D eigenvalue weighted by molar-refractivity contribution is 5.95. The van der Waals surface area contributed by atoms with E-state index >= 15 is 0 Å². The van der Waals surface area contributed by atoms with Crippen LogP contribution in [0.15, 0.2) is 18.6 Å². The first-order valence-electron chi connectivity index (χ1n) is 7.25. The third-order valence-electron chi connectivity index (χ3n) is 3.62. The SMILES string of the molecule is CCn1cc(C(=O)N[C@H]2COC[C@H]2Oc2cn[nH]c2)c(C)n1. The van der Waals surface area contributed by atoms with Crippen LogP contribution in [0.3, 0.4) is 0 Å². The standard InChI is InChI=1S/C14H19N5O3/c1-3-19-6-11(9(2)18-19)14(20)17-12-7-21-8-13(12)22-10-4-15-16-5-10/h4-6,12-13H,3,7-8H2,1-2H3,(H,15,16)(H,17,20)/t12-,13+/m0/s1. The highest BCUT2D eigenvalue weighted by atomic mass is 16.5. The van der Waals surface area contributed by atoms with Crippen molar-refractivity contribution < 1.29 is 14.3 Å². The summed E-state index contributed by atoms with van der Waals surface area (Å²) in [7, 11) is 0. The molecule has 0 saturated carbocycles. The number of aryl methyl sites for hydroxylation is 2. The van der Waals surface area contributed by atoms with E-state index in [1.54, 1.807) is 23.3 Å². The lowest BCUT2D eigenvalue weighted by Gasteiger charge is -2.19. The molecule has 1 aliphatic rings. The highest BCUT2D eigenvalue weighted by Gasteiger charge is 2.32. The molecule has 0 unspecified atom stereocenters. The third kappa shape index (κ3) is 2.96. The number of aromatic nitrogens is 4. The lowest BCUT2D eigenvalue weighted by molar-refractivity contribution is 0.0903. The molecule has 1 fully saturated rings. The molecule has 0 aromatic carbocycles. The van der Waals surface area contributed by atoms with Crippen molar-refractivity contribution in [1.82, 2.24) is 25.3 Å². The highest BCUT2D eigenvalue weighted by Crippen LogP contribution is 2.16. The molecule has 2 N–H and O–H groups in total. The van der Waals surface area contributed by atoms with Gasteiger partial charge < -0.3 is 14.8 Å². The maximum absolute atomic E-state index is 12.4. The van der Waals surface area contributed by atoms with E-state index < -0.39 is 0 Å². The third-order valence-corrected chi connectivity index (χ3v) is 3.62. The number of nitrogens with one attached hydrogen (secondary N) is 2. The zero-order valence-electron chi connectivity index (χ0n) is 12.6. The lowest BCUT2D eigenvalue weighted by atomic mass is 10.2. The Labute approximate surface area is 127 Å². The van der Waals surface area contributed by atoms with E-state index in [1.165, 1.54) is 0 Å². The van der Waals surface area contributed by atoms with Gasteiger partial charge in [-0.3, -0.25) is 14.6 Å². The zero-order valence-corrected chi connectivity index (χ0v) is 12.6. The number of nitrogens with zero attached hydrogens (tertiary/aromatic N) is 3. The van der Waals surface area contributed by atoms with Gasteiger partial charge in [-0.05, 0) is 13.8 Å². The second kappa shape index (κ2) is 6.18. The van der Waals surface area contributed by atoms with E-state index in [0.29, 0.717) is 30.2 Å². The first-order chi connectivity index (χ1) is 10.7. The minimum atomic E-state index is -0.233. The fraction of sp³-hybridized carbons (Fsp3) is 0.500. The van der Waals surface area contributed by atoms with Crippen LogP contribution in [-0.2, 0) is 11.3 Å². The molecule has 0 spiro atoms. The van der Waals surface area contributed by atoms with Gasteiger partial charge in [0.15, 0.2) is 5.75 Å². The van der Waals surface area contributed by atoms with Gasteiger partial charge in [0.1, 0.15) is 6.10 Å². The molecule has 2 atom stereocenters. The number of ether oxygens (including phenoxy) is 2. The normalized spacial score (nSPS) is 21.0. The first-order valence-corrected chi connectivity index (χ1v) is 7.25. The minimum absolute atomic E-state index is 0.159. The van der Waals surface area contributed by atoms with E-state index in [1.807, 2.05) is 13.8 Å². The van der Waals surface area contributed by atoms with Gasteiger partial charge in [-0.1, -0.05) is 0 Å². The Morgan fingerprint density at radius 1 is 1.59 bits per heavy atom. The van der Waals surface area contributed by atoms with E-state index in [4.69, 9.17) is 9.47 Å². The first kappa shape index (κ1) is 14.6. The number of H-pyrrole nitrogens is 1. The molecule has 8 nitrogen and oxygen atoms in total. The predicted molar refractivity (Wildman–Crippen MR) is 77.7 cm³/mol. The number of carbonyl (C=O) groups excluding carboxylic acids is 1. The van der Waals surface area contributed by atoms with Crippen LogP contribution in [0.4, 0.5) is 0 Å². The van der Waals surface area contributed by atoms with E-state index in [2.05, 4.69) is 20.6 Å². The van der Waals surface area contributed by atoms with Crippen molar-refractivity contribution in [3.05, 3.63) is 29.8 Å². The Balaban J connectivity index is 1.65. The largest absolute Gasteiger partial charge is 0.482 e. The number of amides is 1. The molecule has 1 aliphatic heterocycles. The maximum atomic E-state index is 12.4. The fourth-order valence-corrected chi connectivity index (χ4v) is 2.41. The van der Waals surface area contributed by atoms with Crippen LogP contribution in [0.1, 0.15) is 23.0 Å². The summed E-state index contributed by atoms with van der Waals surface area (Å²) < 4.78 is 12.9. The summed E-state index contributed by atoms with van der Waals surface area (Å²) in [6, 6.07) is -0.202. The van der Waals surface area contributed by atoms with Crippen LogP contribution in [0, 0.1) is 6.92 Å². The second-order valence-electron chi connectivity index (χ2n) is 5.19. The molecule has 1 saturated heterocycles. The number of aromatic amines is 1. The van der Waals surface area contributed by atoms with Gasteiger partial charge in [-0.15, -0.1) is 0 Å². The Morgan fingerprint density at radius 2 is 2.45 bits per heavy atom. The summed E-state index contributed by atoms with van der Waals surface area (Å²) in [5.41, 5.74) is 1.29. The van der Waals surface area contributed by atoms with Gasteiger partial charge in [0.25, 0.3) is 5.91 Å². The molecule has 22 heavy (non-hydrogen) atoms. The number of hydrogen-bond acceptors (Lipinski definition) is 5. The van der Waals surface area contributed by atoms with Crippen molar-refractivity contribution in [2.75, 3.05) is 13.2 Å². The Morgan fingerprint density at radius 3 is 3.14 bits per heavy atom. The summed E-state index contributed by atoms with van der Waals surface area (Å²) in [6.07, 6.45) is 4.77. The summed E-state index contributed by atoms with van der Waals surface area (Å²) >= 11 is 0. The fourth-order valence-electron chi connectivity index (χ4n) is 2.41. The molecule has 0 bridgehead atoms. The van der Waals surface area contributed by atoms with Gasteiger partial charge in [-0.2, -0.15) is 10.2 Å². The van der Waals surface area contributed by atoms with Gasteiger partial charge >= 0.3 is 0 Å². The Bertz CT molecular complexity index is 637. The topological polar surface area (TPSA) is 94.1 Å². The molecule has 3 heterocycles. The van der Waals surface area contributed by atoms with Crippen molar-refractivity contribution in [3.8, 4) is 5.75 Å². The molecular formula is C14H19N5O3. The van der Waals surface area contributed by atoms with Crippen LogP contribution < -0.4 is 10.1 Å². The van der Waals surface area contributed by atoms with Crippen LogP contribution in [0.25, 0.3) is 0 Å². The zero-order chi connectivity index (χ0) is 15.5. The minimum Gasteiger partial charge on any atom is -0.482 e. The van der Waals surface area contributed by atoms with Gasteiger partial charge in [0, 0.05) is 12.7 Å². The molecule has 3 rings (SSSR count). The number of hydrogen-bond donors (Lipinski definition) is 2. The van der Waals surface area contributed by atoms with Gasteiger partial charge in [0.05, 0.1) is 42.9 Å². The molecular weight excluding hydrogens is 286 g/mol. The average Bonchev–Trinajstić information content (AvgIpc) is 3.22. The van der Waals surface area contributed by atoms with E-state index in [-0.39, 0.29) is 18.1 Å². The van der Waals surface area contributed by atoms with Crippen molar-refractivity contribution in [3.63, 3.8) is 0 Å². The number of rotatable bonds is 5. The molecule has 2 aromatic rings. The van der Waals surface area contributed by atoms with Crippen LogP contribution >= 0.6 is 0 Å². The quantitative estimate of drug-likeness (QED) is 0.839. The van der Waals surface area contributed by atoms with Gasteiger partial charge in [0.2, 0.25) is 0 Å². The van der Waals surface area contributed by atoms with Crippen LogP contribution in [0.2, 0.25) is 0 Å². The second-order valence-corrected chi connectivity index (χ2v) is 5.19. The Hall–Kier alpha value is -2.35. The molecule has 0 radical (unpaired) electrons. The summed E-state index contributed by atoms with van der Waals surface area (Å²) in [5.74, 6) is 0.471. The molecule has 118 valence electrons. The van der Waals surface area contributed by atoms with Crippen molar-refractivity contribution in [1.29, 1.82) is 0 Å². The summed E-state index contributed by atoms with van der Waals surface area (Å²) in [4.78, 5) is 12.4. The summed E-state index contributed by atoms with van der Waals surface area (Å²) in [6.45, 7) is 5.39. The monoisotopic (exact) mass is 305 g/mol. The van der Waals surface area contributed by atoms with Crippen molar-refractivity contribution in [2.45, 2.75) is 32.5 Å². The smallest absolute Gasteiger partial charge is 0.255 e. The van der Waals surface area contributed by atoms with E-state index in [0.717, 1.165) is 6.54 Å². The molecule has 1 amide bonds. The maximum Gasteiger partial charge on any atom is 0.255 e. The van der Waals surface area contributed by atoms with Crippen molar-refractivity contribution in [2.24, 2.45) is 0 Å².